The SMILES string of the molecule is O=C([O-])CN(CCN(CC(=O)[O-])Cc1ccccc1[O-])Cc1ccccc1[O-].[Fe+5]. The van der Waals surface area contributed by atoms with Crippen molar-refractivity contribution in [3.8, 4) is 11.5 Å². The second kappa shape index (κ2) is 12.1. The van der Waals surface area contributed by atoms with Gasteiger partial charge in [0.15, 0.2) is 0 Å². The molecule has 29 heavy (non-hydrogen) atoms. The predicted octanol–water partition coefficient (Wildman–Crippen LogP) is -2.36. The number of aliphatic carboxylic acids is 2. The van der Waals surface area contributed by atoms with E-state index in [1.807, 2.05) is 0 Å². The molecule has 0 heterocycles. The van der Waals surface area contributed by atoms with E-state index in [1.165, 1.54) is 21.9 Å². The Bertz CT molecular complexity index is 750. The van der Waals surface area contributed by atoms with Crippen molar-refractivity contribution in [2.24, 2.45) is 0 Å². The van der Waals surface area contributed by atoms with Gasteiger partial charge in [-0.05, 0) is 11.1 Å². The molecule has 8 nitrogen and oxygen atoms in total. The summed E-state index contributed by atoms with van der Waals surface area (Å²) in [5.41, 5.74) is 0.861. The van der Waals surface area contributed by atoms with Gasteiger partial charge in [0.2, 0.25) is 0 Å². The minimum Gasteiger partial charge on any atom is -0.872 e. The Morgan fingerprint density at radius 3 is 1.34 bits per heavy atom. The smallest absolute Gasteiger partial charge is 0.872 e. The summed E-state index contributed by atoms with van der Waals surface area (Å²) in [5.74, 6) is -3.03. The Kier molecular flexibility index (Phi) is 10.2. The number of hydrogen-bond donors (Lipinski definition) is 0. The molecule has 2 aromatic carbocycles. The van der Waals surface area contributed by atoms with E-state index in [0.717, 1.165) is 0 Å². The van der Waals surface area contributed by atoms with Gasteiger partial charge in [0, 0.05) is 39.3 Å². The van der Waals surface area contributed by atoms with E-state index in [4.69, 9.17) is 0 Å². The van der Waals surface area contributed by atoms with E-state index < -0.39 is 25.0 Å². The van der Waals surface area contributed by atoms with Crippen LogP contribution < -0.4 is 20.4 Å². The molecule has 0 aliphatic heterocycles. The molecule has 153 valence electrons. The van der Waals surface area contributed by atoms with Gasteiger partial charge < -0.3 is 30.0 Å². The monoisotopic (exact) mass is 440 g/mol. The summed E-state index contributed by atoms with van der Waals surface area (Å²) < 4.78 is 0. The zero-order chi connectivity index (χ0) is 20.5. The fourth-order valence-electron chi connectivity index (χ4n) is 2.83. The maximum Gasteiger partial charge on any atom is 5.00 e. The third kappa shape index (κ3) is 8.53. The zero-order valence-corrected chi connectivity index (χ0v) is 16.7. The number of rotatable bonds is 11. The van der Waals surface area contributed by atoms with Crippen LogP contribution >= 0.6 is 0 Å². The van der Waals surface area contributed by atoms with Crippen molar-refractivity contribution >= 4 is 11.9 Å². The van der Waals surface area contributed by atoms with E-state index in [1.54, 1.807) is 36.4 Å². The molecular weight excluding hydrogens is 420 g/mol. The average molecular weight is 440 g/mol. The van der Waals surface area contributed by atoms with Crippen molar-refractivity contribution in [1.29, 1.82) is 0 Å². The molecule has 0 saturated heterocycles. The maximum absolute atomic E-state index is 11.9. The molecule has 0 spiro atoms. The summed E-state index contributed by atoms with van der Waals surface area (Å²) in [6.07, 6.45) is 0. The average Bonchev–Trinajstić information content (AvgIpc) is 2.62. The van der Waals surface area contributed by atoms with Crippen LogP contribution in [-0.2, 0) is 39.7 Å². The summed E-state index contributed by atoms with van der Waals surface area (Å²) in [6, 6.07) is 12.5. The summed E-state index contributed by atoms with van der Waals surface area (Å²) in [4.78, 5) is 25.1. The first-order chi connectivity index (χ1) is 13.3. The van der Waals surface area contributed by atoms with Gasteiger partial charge in [0.1, 0.15) is 0 Å². The summed E-state index contributed by atoms with van der Waals surface area (Å²) >= 11 is 0. The van der Waals surface area contributed by atoms with E-state index in [-0.39, 0.29) is 54.7 Å². The molecule has 0 N–H and O–H groups in total. The Balaban J connectivity index is 0.00000420. The van der Waals surface area contributed by atoms with Crippen LogP contribution in [0.3, 0.4) is 0 Å². The molecule has 0 fully saturated rings. The number of hydrogen-bond acceptors (Lipinski definition) is 8. The molecule has 0 unspecified atom stereocenters. The van der Waals surface area contributed by atoms with Gasteiger partial charge in [-0.25, -0.2) is 0 Å². The van der Waals surface area contributed by atoms with Crippen LogP contribution in [0.4, 0.5) is 0 Å². The molecule has 0 saturated carbocycles. The number of carbonyl (C=O) groups excluding carboxylic acids is 2. The number of carbonyl (C=O) groups is 2. The van der Waals surface area contributed by atoms with Crippen molar-refractivity contribution in [2.45, 2.75) is 13.1 Å². The van der Waals surface area contributed by atoms with Crippen LogP contribution in [0.1, 0.15) is 11.1 Å². The minimum absolute atomic E-state index is 0. The number of nitrogens with zero attached hydrogens (tertiary/aromatic N) is 2. The first-order valence-electron chi connectivity index (χ1n) is 8.69. The topological polar surface area (TPSA) is 133 Å². The normalized spacial score (nSPS) is 10.7. The number of benzene rings is 2. The van der Waals surface area contributed by atoms with Crippen molar-refractivity contribution in [1.82, 2.24) is 9.80 Å². The molecular formula is C20H20FeN2O6+. The van der Waals surface area contributed by atoms with Crippen LogP contribution in [0, 0.1) is 0 Å². The number of carboxylic acid groups (broad SMARTS) is 2. The zero-order valence-electron chi connectivity index (χ0n) is 15.6. The molecule has 0 aliphatic carbocycles. The molecule has 0 aliphatic rings. The molecule has 1 radical (unpaired) electrons. The van der Waals surface area contributed by atoms with Crippen molar-refractivity contribution in [3.63, 3.8) is 0 Å². The van der Waals surface area contributed by atoms with Crippen molar-refractivity contribution < 1.29 is 47.1 Å². The molecule has 9 heteroatoms. The number of carboxylic acids is 2. The van der Waals surface area contributed by atoms with E-state index >= 15 is 0 Å². The van der Waals surface area contributed by atoms with Crippen LogP contribution in [0.5, 0.6) is 11.5 Å². The third-order valence-electron chi connectivity index (χ3n) is 4.17. The van der Waals surface area contributed by atoms with Gasteiger partial charge in [0.05, 0.1) is 11.9 Å². The second-order valence-electron chi connectivity index (χ2n) is 6.38. The molecule has 0 bridgehead atoms. The number of para-hydroxylation sites is 2. The molecule has 0 atom stereocenters. The summed E-state index contributed by atoms with van der Waals surface area (Å²) in [7, 11) is 0. The van der Waals surface area contributed by atoms with E-state index in [0.29, 0.717) is 11.1 Å². The standard InChI is InChI=1S/C20H24N2O6.Fe/c23-17-7-3-1-5-15(17)11-21(13-19(25)26)9-10-22(14-20(27)28)12-16-6-2-4-8-18(16)24;/h1-8,23-24H,9-14H2,(H,25,26)(H,27,28);/q;+5/p-4. The molecule has 2 rings (SSSR count). The fraction of sp³-hybridized carbons (Fsp3) is 0.300. The van der Waals surface area contributed by atoms with Gasteiger partial charge in [-0.1, -0.05) is 48.5 Å². The van der Waals surface area contributed by atoms with Crippen molar-refractivity contribution in [2.75, 3.05) is 26.2 Å². The van der Waals surface area contributed by atoms with Gasteiger partial charge >= 0.3 is 17.1 Å². The Hall–Kier alpha value is -2.58. The maximum atomic E-state index is 11.9. The van der Waals surface area contributed by atoms with E-state index in [9.17, 15) is 30.0 Å². The quantitative estimate of drug-likeness (QED) is 0.355. The first-order valence-corrected chi connectivity index (χ1v) is 8.69. The van der Waals surface area contributed by atoms with Gasteiger partial charge in [-0.2, -0.15) is 0 Å². The minimum atomic E-state index is -1.31. The Labute approximate surface area is 179 Å². The van der Waals surface area contributed by atoms with Crippen LogP contribution in [0.15, 0.2) is 48.5 Å². The van der Waals surface area contributed by atoms with Gasteiger partial charge in [0.25, 0.3) is 0 Å². The molecule has 0 amide bonds. The second-order valence-corrected chi connectivity index (χ2v) is 6.38. The summed E-state index contributed by atoms with van der Waals surface area (Å²) in [6.45, 7) is -0.319. The third-order valence-corrected chi connectivity index (χ3v) is 4.17. The van der Waals surface area contributed by atoms with Crippen LogP contribution in [0.25, 0.3) is 0 Å². The molecule has 0 aromatic heterocycles. The van der Waals surface area contributed by atoms with Crippen molar-refractivity contribution in [3.05, 3.63) is 59.7 Å². The fourth-order valence-corrected chi connectivity index (χ4v) is 2.83. The predicted molar refractivity (Wildman–Crippen MR) is 92.3 cm³/mol. The van der Waals surface area contributed by atoms with E-state index in [2.05, 4.69) is 0 Å². The Morgan fingerprint density at radius 1 is 0.690 bits per heavy atom. The first kappa shape index (κ1) is 24.5. The largest absolute Gasteiger partial charge is 5.00 e. The van der Waals surface area contributed by atoms with Gasteiger partial charge in [-0.3, -0.25) is 9.80 Å². The molecule has 2 aromatic rings. The van der Waals surface area contributed by atoms with Crippen LogP contribution in [0.2, 0.25) is 0 Å². The van der Waals surface area contributed by atoms with Crippen LogP contribution in [-0.4, -0.2) is 47.9 Å². The Morgan fingerprint density at radius 2 is 1.03 bits per heavy atom. The van der Waals surface area contributed by atoms with Gasteiger partial charge in [-0.15, -0.1) is 11.5 Å². The summed E-state index contributed by atoms with van der Waals surface area (Å²) in [5, 5.41) is 45.9.